The van der Waals surface area contributed by atoms with Gasteiger partial charge in [0.05, 0.1) is 16.1 Å². The number of benzene rings is 1. The number of anilines is 1. The van der Waals surface area contributed by atoms with Crippen molar-refractivity contribution >= 4 is 33.4 Å². The molecule has 2 rings (SSSR count). The normalized spacial score (nSPS) is 16.2. The van der Waals surface area contributed by atoms with Gasteiger partial charge in [-0.25, -0.2) is 17.5 Å². The third kappa shape index (κ3) is 3.33. The second kappa shape index (κ2) is 6.25. The number of hydrogen-bond donors (Lipinski definition) is 1. The van der Waals surface area contributed by atoms with Gasteiger partial charge in [0, 0.05) is 38.7 Å². The number of carboxylic acid groups (broad SMARTS) is 1. The molecule has 1 fully saturated rings. The third-order valence-corrected chi connectivity index (χ3v) is 6.08. The van der Waals surface area contributed by atoms with Crippen molar-refractivity contribution in [3.63, 3.8) is 0 Å². The Morgan fingerprint density at radius 2 is 1.90 bits per heavy atom. The average Bonchev–Trinajstić information content (AvgIpc) is 2.47. The Labute approximate surface area is 128 Å². The van der Waals surface area contributed by atoms with Crippen molar-refractivity contribution in [1.29, 1.82) is 0 Å². The van der Waals surface area contributed by atoms with Crippen molar-refractivity contribution in [3.8, 4) is 0 Å². The van der Waals surface area contributed by atoms with Crippen LogP contribution in [0.2, 0.25) is 0 Å². The molecule has 0 saturated carbocycles. The molecule has 0 atom stereocenters. The van der Waals surface area contributed by atoms with Crippen molar-refractivity contribution in [2.75, 3.05) is 43.6 Å². The first-order chi connectivity index (χ1) is 9.84. The van der Waals surface area contributed by atoms with E-state index in [0.717, 1.165) is 28.9 Å². The second-order valence-corrected chi connectivity index (χ2v) is 8.25. The molecule has 0 unspecified atom stereocenters. The summed E-state index contributed by atoms with van der Waals surface area (Å²) in [5, 5.41) is 9.38. The molecule has 0 aromatic heterocycles. The van der Waals surface area contributed by atoms with E-state index in [1.807, 2.05) is 16.7 Å². The molecule has 116 valence electrons. The molecule has 6 nitrogen and oxygen atoms in total. The molecule has 1 aliphatic heterocycles. The van der Waals surface area contributed by atoms with E-state index in [2.05, 4.69) is 0 Å². The number of hydrogen-bond acceptors (Lipinski definition) is 5. The maximum atomic E-state index is 12.1. The molecule has 0 spiro atoms. The Morgan fingerprint density at radius 3 is 2.43 bits per heavy atom. The maximum absolute atomic E-state index is 12.1. The van der Waals surface area contributed by atoms with Crippen LogP contribution < -0.4 is 4.90 Å². The lowest BCUT2D eigenvalue weighted by molar-refractivity contribution is 0.0697. The highest BCUT2D eigenvalue weighted by molar-refractivity contribution is 7.99. The lowest BCUT2D eigenvalue weighted by Gasteiger charge is -2.29. The van der Waals surface area contributed by atoms with Gasteiger partial charge in [-0.05, 0) is 18.2 Å². The summed E-state index contributed by atoms with van der Waals surface area (Å²) in [5.74, 6) is 0.771. The smallest absolute Gasteiger partial charge is 0.337 e. The zero-order chi connectivity index (χ0) is 15.6. The van der Waals surface area contributed by atoms with Crippen LogP contribution >= 0.6 is 11.8 Å². The highest BCUT2D eigenvalue weighted by atomic mass is 32.2. The van der Waals surface area contributed by atoms with E-state index < -0.39 is 16.0 Å². The quantitative estimate of drug-likeness (QED) is 0.893. The lowest BCUT2D eigenvalue weighted by atomic mass is 10.1. The Hall–Kier alpha value is -1.25. The SMILES string of the molecule is CN(C)S(=O)(=O)c1ccc(N2CCSCC2)c(C(=O)O)c1. The summed E-state index contributed by atoms with van der Waals surface area (Å²) in [6.45, 7) is 1.54. The number of aromatic carboxylic acids is 1. The maximum Gasteiger partial charge on any atom is 0.337 e. The van der Waals surface area contributed by atoms with Crippen LogP contribution in [0.5, 0.6) is 0 Å². The topological polar surface area (TPSA) is 77.9 Å². The van der Waals surface area contributed by atoms with Crippen LogP contribution in [0.25, 0.3) is 0 Å². The van der Waals surface area contributed by atoms with Gasteiger partial charge in [-0.3, -0.25) is 0 Å². The Kier molecular flexibility index (Phi) is 4.80. The highest BCUT2D eigenvalue weighted by Gasteiger charge is 2.23. The van der Waals surface area contributed by atoms with Crippen LogP contribution in [-0.4, -0.2) is 62.5 Å². The first-order valence-electron chi connectivity index (χ1n) is 6.46. The molecule has 0 amide bonds. The molecule has 1 aliphatic rings. The van der Waals surface area contributed by atoms with E-state index >= 15 is 0 Å². The van der Waals surface area contributed by atoms with Crippen LogP contribution in [0.4, 0.5) is 5.69 Å². The Bertz CT molecular complexity index is 638. The highest BCUT2D eigenvalue weighted by Crippen LogP contribution is 2.27. The number of sulfonamides is 1. The predicted molar refractivity (Wildman–Crippen MR) is 83.8 cm³/mol. The van der Waals surface area contributed by atoms with Gasteiger partial charge in [0.2, 0.25) is 10.0 Å². The van der Waals surface area contributed by atoms with Gasteiger partial charge in [0.15, 0.2) is 0 Å². The number of nitrogens with zero attached hydrogens (tertiary/aromatic N) is 2. The fourth-order valence-electron chi connectivity index (χ4n) is 2.14. The van der Waals surface area contributed by atoms with E-state index in [0.29, 0.717) is 5.69 Å². The number of carbonyl (C=O) groups is 1. The minimum absolute atomic E-state index is 0.0000319. The Morgan fingerprint density at radius 1 is 1.29 bits per heavy atom. The zero-order valence-corrected chi connectivity index (χ0v) is 13.6. The largest absolute Gasteiger partial charge is 0.478 e. The van der Waals surface area contributed by atoms with Gasteiger partial charge in [-0.2, -0.15) is 11.8 Å². The summed E-state index contributed by atoms with van der Waals surface area (Å²) >= 11 is 1.83. The summed E-state index contributed by atoms with van der Waals surface area (Å²) in [7, 11) is -0.789. The van der Waals surface area contributed by atoms with Crippen LogP contribution in [0.15, 0.2) is 23.1 Å². The standard InChI is InChI=1S/C13H18N2O4S2/c1-14(2)21(18,19)10-3-4-12(11(9-10)13(16)17)15-5-7-20-8-6-15/h3-4,9H,5-8H2,1-2H3,(H,16,17). The Balaban J connectivity index is 2.47. The van der Waals surface area contributed by atoms with E-state index in [-0.39, 0.29) is 10.5 Å². The molecule has 1 aromatic rings. The van der Waals surface area contributed by atoms with Crippen LogP contribution in [0.3, 0.4) is 0 Å². The summed E-state index contributed by atoms with van der Waals surface area (Å²) in [4.78, 5) is 13.5. The van der Waals surface area contributed by atoms with Crippen molar-refractivity contribution in [1.82, 2.24) is 4.31 Å². The van der Waals surface area contributed by atoms with Gasteiger partial charge < -0.3 is 10.0 Å². The fourth-order valence-corrected chi connectivity index (χ4v) is 3.97. The molecular formula is C13H18N2O4S2. The lowest BCUT2D eigenvalue weighted by Crippen LogP contribution is -2.33. The van der Waals surface area contributed by atoms with Gasteiger partial charge in [0.25, 0.3) is 0 Å². The van der Waals surface area contributed by atoms with Crippen LogP contribution in [0, 0.1) is 0 Å². The molecule has 1 N–H and O–H groups in total. The first kappa shape index (κ1) is 16.1. The molecule has 1 heterocycles. The number of carboxylic acids is 1. The van der Waals surface area contributed by atoms with Gasteiger partial charge in [0.1, 0.15) is 0 Å². The van der Waals surface area contributed by atoms with Crippen molar-refractivity contribution in [2.24, 2.45) is 0 Å². The van der Waals surface area contributed by atoms with Crippen molar-refractivity contribution in [2.45, 2.75) is 4.90 Å². The third-order valence-electron chi connectivity index (χ3n) is 3.33. The fraction of sp³-hybridized carbons (Fsp3) is 0.462. The molecule has 1 aromatic carbocycles. The first-order valence-corrected chi connectivity index (χ1v) is 9.06. The molecule has 1 saturated heterocycles. The van der Waals surface area contributed by atoms with Crippen molar-refractivity contribution in [3.05, 3.63) is 23.8 Å². The minimum atomic E-state index is -3.63. The van der Waals surface area contributed by atoms with E-state index in [1.165, 1.54) is 26.2 Å². The molecule has 0 aliphatic carbocycles. The van der Waals surface area contributed by atoms with Gasteiger partial charge in [-0.15, -0.1) is 0 Å². The number of rotatable bonds is 4. The second-order valence-electron chi connectivity index (χ2n) is 4.87. The summed E-state index contributed by atoms with van der Waals surface area (Å²) in [6.07, 6.45) is 0. The van der Waals surface area contributed by atoms with Gasteiger partial charge >= 0.3 is 5.97 Å². The molecule has 0 bridgehead atoms. The molecule has 21 heavy (non-hydrogen) atoms. The summed E-state index contributed by atoms with van der Waals surface area (Å²) in [5.41, 5.74) is 0.616. The monoisotopic (exact) mass is 330 g/mol. The molecule has 0 radical (unpaired) electrons. The molecular weight excluding hydrogens is 312 g/mol. The summed E-state index contributed by atoms with van der Waals surface area (Å²) < 4.78 is 25.3. The van der Waals surface area contributed by atoms with E-state index in [9.17, 15) is 18.3 Å². The van der Waals surface area contributed by atoms with Crippen LogP contribution in [-0.2, 0) is 10.0 Å². The molecule has 8 heteroatoms. The van der Waals surface area contributed by atoms with Crippen LogP contribution in [0.1, 0.15) is 10.4 Å². The summed E-state index contributed by atoms with van der Waals surface area (Å²) in [6, 6.07) is 4.31. The van der Waals surface area contributed by atoms with E-state index in [1.54, 1.807) is 6.07 Å². The minimum Gasteiger partial charge on any atom is -0.478 e. The zero-order valence-electron chi connectivity index (χ0n) is 11.9. The average molecular weight is 330 g/mol. The van der Waals surface area contributed by atoms with E-state index in [4.69, 9.17) is 0 Å². The van der Waals surface area contributed by atoms with Crippen molar-refractivity contribution < 1.29 is 18.3 Å². The number of thioether (sulfide) groups is 1. The van der Waals surface area contributed by atoms with Gasteiger partial charge in [-0.1, -0.05) is 0 Å². The predicted octanol–water partition coefficient (Wildman–Crippen LogP) is 1.19.